The van der Waals surface area contributed by atoms with Gasteiger partial charge >= 0.3 is 6.09 Å². The average Bonchev–Trinajstić information content (AvgIpc) is 3.12. The summed E-state index contributed by atoms with van der Waals surface area (Å²) >= 11 is 0. The lowest BCUT2D eigenvalue weighted by Crippen LogP contribution is -2.30. The number of amides is 1. The van der Waals surface area contributed by atoms with Gasteiger partial charge in [-0.05, 0) is 56.0 Å². The Morgan fingerprint density at radius 3 is 2.27 bits per heavy atom. The number of aromatic nitrogens is 2. The van der Waals surface area contributed by atoms with Crippen LogP contribution in [0.3, 0.4) is 0 Å². The predicted molar refractivity (Wildman–Crippen MR) is 126 cm³/mol. The van der Waals surface area contributed by atoms with E-state index in [4.69, 9.17) is 18.9 Å². The summed E-state index contributed by atoms with van der Waals surface area (Å²) in [6.07, 6.45) is 7.65. The number of rotatable bonds is 6. The van der Waals surface area contributed by atoms with Gasteiger partial charge in [0.1, 0.15) is 18.2 Å². The van der Waals surface area contributed by atoms with Crippen molar-refractivity contribution in [3.8, 4) is 23.1 Å². The molecule has 174 valence electrons. The number of hydrogen-bond donors (Lipinski definition) is 0. The zero-order valence-electron chi connectivity index (χ0n) is 19.2. The molecule has 0 saturated heterocycles. The van der Waals surface area contributed by atoms with E-state index >= 15 is 0 Å². The molecular formula is C25H29N3O5. The van der Waals surface area contributed by atoms with E-state index in [2.05, 4.69) is 9.97 Å². The van der Waals surface area contributed by atoms with Gasteiger partial charge in [-0.25, -0.2) is 14.8 Å². The van der Waals surface area contributed by atoms with Gasteiger partial charge in [-0.1, -0.05) is 12.8 Å². The molecule has 1 aliphatic carbocycles. The van der Waals surface area contributed by atoms with E-state index in [-0.39, 0.29) is 12.2 Å². The Bertz CT molecular complexity index is 1100. The summed E-state index contributed by atoms with van der Waals surface area (Å²) < 4.78 is 22.5. The quantitative estimate of drug-likeness (QED) is 0.442. The van der Waals surface area contributed by atoms with E-state index in [1.165, 1.54) is 24.1 Å². The molecule has 33 heavy (non-hydrogen) atoms. The minimum absolute atomic E-state index is 0.00622. The van der Waals surface area contributed by atoms with E-state index in [1.807, 2.05) is 12.1 Å². The molecule has 1 heterocycles. The molecule has 0 spiro atoms. The van der Waals surface area contributed by atoms with Crippen LogP contribution < -0.4 is 19.1 Å². The van der Waals surface area contributed by atoms with Crippen molar-refractivity contribution in [2.24, 2.45) is 0 Å². The Hall–Kier alpha value is -3.55. The van der Waals surface area contributed by atoms with Gasteiger partial charge in [-0.3, -0.25) is 4.90 Å². The first-order valence-corrected chi connectivity index (χ1v) is 11.2. The molecular weight excluding hydrogens is 422 g/mol. The van der Waals surface area contributed by atoms with E-state index in [9.17, 15) is 4.79 Å². The highest BCUT2D eigenvalue weighted by Gasteiger charge is 2.20. The lowest BCUT2D eigenvalue weighted by Gasteiger charge is -2.22. The zero-order chi connectivity index (χ0) is 23.2. The lowest BCUT2D eigenvalue weighted by atomic mass is 10.1. The van der Waals surface area contributed by atoms with Crippen LogP contribution in [0.1, 0.15) is 38.5 Å². The highest BCUT2D eigenvalue weighted by atomic mass is 16.6. The summed E-state index contributed by atoms with van der Waals surface area (Å²) in [5.41, 5.74) is 1.40. The largest absolute Gasteiger partial charge is 0.493 e. The molecule has 2 aromatic carbocycles. The van der Waals surface area contributed by atoms with Crippen LogP contribution in [0.5, 0.6) is 23.1 Å². The molecule has 4 rings (SSSR count). The number of anilines is 1. The maximum Gasteiger partial charge on any atom is 0.414 e. The SMILES string of the molecule is COc1cc2ncnc(Oc3ccc(N(C)C(=O)OC4CCCCCC4)cc3)c2cc1OC. The Morgan fingerprint density at radius 2 is 1.61 bits per heavy atom. The van der Waals surface area contributed by atoms with Crippen molar-refractivity contribution in [2.75, 3.05) is 26.2 Å². The summed E-state index contributed by atoms with van der Waals surface area (Å²) in [4.78, 5) is 22.7. The summed E-state index contributed by atoms with van der Waals surface area (Å²) in [7, 11) is 4.86. The van der Waals surface area contributed by atoms with Crippen LogP contribution in [-0.2, 0) is 4.74 Å². The highest BCUT2D eigenvalue weighted by molar-refractivity contribution is 5.88. The number of benzene rings is 2. The van der Waals surface area contributed by atoms with Crippen molar-refractivity contribution in [3.05, 3.63) is 42.7 Å². The molecule has 1 aliphatic rings. The van der Waals surface area contributed by atoms with E-state index < -0.39 is 0 Å². The van der Waals surface area contributed by atoms with E-state index in [1.54, 1.807) is 45.5 Å². The molecule has 8 nitrogen and oxygen atoms in total. The summed E-state index contributed by atoms with van der Waals surface area (Å²) in [6, 6.07) is 10.8. The van der Waals surface area contributed by atoms with Crippen molar-refractivity contribution in [2.45, 2.75) is 44.6 Å². The molecule has 1 aromatic heterocycles. The van der Waals surface area contributed by atoms with Gasteiger partial charge in [0.05, 0.1) is 25.1 Å². The van der Waals surface area contributed by atoms with Crippen molar-refractivity contribution < 1.29 is 23.7 Å². The van der Waals surface area contributed by atoms with Gasteiger partial charge in [-0.15, -0.1) is 0 Å². The van der Waals surface area contributed by atoms with Gasteiger partial charge in [0, 0.05) is 18.8 Å². The Kier molecular flexibility index (Phi) is 7.12. The first kappa shape index (κ1) is 22.6. The predicted octanol–water partition coefficient (Wildman–Crippen LogP) is 5.73. The minimum atomic E-state index is -0.335. The van der Waals surface area contributed by atoms with Gasteiger partial charge in [0.25, 0.3) is 0 Å². The van der Waals surface area contributed by atoms with Crippen LogP contribution in [0.4, 0.5) is 10.5 Å². The fraction of sp³-hybridized carbons (Fsp3) is 0.400. The van der Waals surface area contributed by atoms with Crippen molar-refractivity contribution >= 4 is 22.7 Å². The summed E-state index contributed by atoms with van der Waals surface area (Å²) in [5, 5.41) is 0.698. The number of ether oxygens (including phenoxy) is 4. The zero-order valence-corrected chi connectivity index (χ0v) is 19.2. The third-order valence-electron chi connectivity index (χ3n) is 5.89. The topological polar surface area (TPSA) is 83.0 Å². The lowest BCUT2D eigenvalue weighted by molar-refractivity contribution is 0.0959. The number of nitrogens with zero attached hydrogens (tertiary/aromatic N) is 3. The third-order valence-corrected chi connectivity index (χ3v) is 5.89. The van der Waals surface area contributed by atoms with Crippen molar-refractivity contribution in [1.82, 2.24) is 9.97 Å². The van der Waals surface area contributed by atoms with Gasteiger partial charge in [0.15, 0.2) is 11.5 Å². The van der Waals surface area contributed by atoms with Crippen LogP contribution in [0.25, 0.3) is 10.9 Å². The first-order valence-electron chi connectivity index (χ1n) is 11.2. The van der Waals surface area contributed by atoms with Crippen molar-refractivity contribution in [1.29, 1.82) is 0 Å². The van der Waals surface area contributed by atoms with Crippen LogP contribution in [0.2, 0.25) is 0 Å². The second-order valence-electron chi connectivity index (χ2n) is 8.06. The fourth-order valence-corrected chi connectivity index (χ4v) is 3.98. The van der Waals surface area contributed by atoms with Gasteiger partial charge in [0.2, 0.25) is 5.88 Å². The molecule has 3 aromatic rings. The Morgan fingerprint density at radius 1 is 0.939 bits per heavy atom. The van der Waals surface area contributed by atoms with E-state index in [0.29, 0.717) is 34.0 Å². The Balaban J connectivity index is 1.47. The Labute approximate surface area is 193 Å². The number of carbonyl (C=O) groups is 1. The standard InChI is InChI=1S/C25H29N3O5/c1-28(25(29)33-18-8-6-4-5-7-9-18)17-10-12-19(13-11-17)32-24-20-14-22(30-2)23(31-3)15-21(20)26-16-27-24/h10-16,18H,4-9H2,1-3H3. The number of fused-ring (bicyclic) bond motifs is 1. The smallest absolute Gasteiger partial charge is 0.414 e. The average molecular weight is 452 g/mol. The number of methoxy groups -OCH3 is 2. The molecule has 0 N–H and O–H groups in total. The van der Waals surface area contributed by atoms with Gasteiger partial charge < -0.3 is 18.9 Å². The van der Waals surface area contributed by atoms with E-state index in [0.717, 1.165) is 31.4 Å². The highest BCUT2D eigenvalue weighted by Crippen LogP contribution is 2.36. The monoisotopic (exact) mass is 451 g/mol. The van der Waals surface area contributed by atoms with Gasteiger partial charge in [-0.2, -0.15) is 0 Å². The fourth-order valence-electron chi connectivity index (χ4n) is 3.98. The first-order chi connectivity index (χ1) is 16.1. The second-order valence-corrected chi connectivity index (χ2v) is 8.06. The third kappa shape index (κ3) is 5.27. The molecule has 8 heteroatoms. The molecule has 1 amide bonds. The minimum Gasteiger partial charge on any atom is -0.493 e. The number of carbonyl (C=O) groups excluding carboxylic acids is 1. The van der Waals surface area contributed by atoms with Crippen LogP contribution in [0, 0.1) is 0 Å². The molecule has 0 bridgehead atoms. The maximum absolute atomic E-state index is 12.6. The molecule has 0 atom stereocenters. The van der Waals surface area contributed by atoms with Crippen LogP contribution >= 0.6 is 0 Å². The number of hydrogen-bond acceptors (Lipinski definition) is 7. The molecule has 0 radical (unpaired) electrons. The maximum atomic E-state index is 12.6. The second kappa shape index (κ2) is 10.4. The molecule has 0 aliphatic heterocycles. The van der Waals surface area contributed by atoms with Crippen LogP contribution in [0.15, 0.2) is 42.7 Å². The summed E-state index contributed by atoms with van der Waals surface area (Å²) in [5.74, 6) is 2.13. The molecule has 0 unspecified atom stereocenters. The normalized spacial score (nSPS) is 14.4. The van der Waals surface area contributed by atoms with Crippen LogP contribution in [-0.4, -0.2) is 43.4 Å². The van der Waals surface area contributed by atoms with Crippen molar-refractivity contribution in [3.63, 3.8) is 0 Å². The summed E-state index contributed by atoms with van der Waals surface area (Å²) in [6.45, 7) is 0. The molecule has 1 fully saturated rings. The molecule has 1 saturated carbocycles.